The van der Waals surface area contributed by atoms with Gasteiger partial charge in [0, 0.05) is 46.3 Å². The SMILES string of the molecule is Cn1c(N2CCOCC2)nc2nc(N3CCOCC3)nc(N3CCOCC3)c21. The molecule has 10 heteroatoms. The Morgan fingerprint density at radius 1 is 0.643 bits per heavy atom. The maximum absolute atomic E-state index is 5.55. The Hall–Kier alpha value is -2.17. The number of anilines is 3. The summed E-state index contributed by atoms with van der Waals surface area (Å²) in [6.45, 7) is 9.23. The first-order valence-corrected chi connectivity index (χ1v) is 10.0. The minimum atomic E-state index is 0.704. The van der Waals surface area contributed by atoms with Crippen LogP contribution in [0.25, 0.3) is 11.2 Å². The molecule has 3 fully saturated rings. The highest BCUT2D eigenvalue weighted by Crippen LogP contribution is 2.31. The van der Waals surface area contributed by atoms with E-state index in [1.807, 2.05) is 0 Å². The molecule has 0 radical (unpaired) electrons. The molecular formula is C18H27N7O3. The van der Waals surface area contributed by atoms with Crippen molar-refractivity contribution < 1.29 is 14.2 Å². The number of hydrogen-bond acceptors (Lipinski definition) is 9. The van der Waals surface area contributed by atoms with Crippen molar-refractivity contribution in [3.63, 3.8) is 0 Å². The Kier molecular flexibility index (Phi) is 4.91. The Balaban J connectivity index is 1.60. The van der Waals surface area contributed by atoms with E-state index in [1.165, 1.54) is 0 Å². The van der Waals surface area contributed by atoms with Crippen molar-refractivity contribution in [2.45, 2.75) is 0 Å². The van der Waals surface area contributed by atoms with E-state index in [4.69, 9.17) is 29.2 Å². The van der Waals surface area contributed by atoms with Crippen LogP contribution in [0, 0.1) is 0 Å². The molecule has 0 saturated carbocycles. The van der Waals surface area contributed by atoms with Gasteiger partial charge >= 0.3 is 0 Å². The number of imidazole rings is 1. The molecule has 3 saturated heterocycles. The number of nitrogens with zero attached hydrogens (tertiary/aromatic N) is 7. The first-order valence-electron chi connectivity index (χ1n) is 10.0. The molecule has 0 atom stereocenters. The molecule has 152 valence electrons. The smallest absolute Gasteiger partial charge is 0.229 e. The molecule has 3 aliphatic rings. The van der Waals surface area contributed by atoms with Crippen LogP contribution in [0.15, 0.2) is 0 Å². The number of hydrogen-bond donors (Lipinski definition) is 0. The molecular weight excluding hydrogens is 362 g/mol. The van der Waals surface area contributed by atoms with Crippen molar-refractivity contribution in [2.75, 3.05) is 93.6 Å². The van der Waals surface area contributed by atoms with Crippen LogP contribution in [0.4, 0.5) is 17.7 Å². The maximum Gasteiger partial charge on any atom is 0.229 e. The zero-order valence-electron chi connectivity index (χ0n) is 16.3. The molecule has 0 spiro atoms. The molecule has 0 aliphatic carbocycles. The average Bonchev–Trinajstić information content (AvgIpc) is 3.11. The van der Waals surface area contributed by atoms with Gasteiger partial charge < -0.3 is 33.5 Å². The summed E-state index contributed by atoms with van der Waals surface area (Å²) >= 11 is 0. The number of morpholine rings is 3. The Morgan fingerprint density at radius 3 is 1.79 bits per heavy atom. The minimum absolute atomic E-state index is 0.704. The van der Waals surface area contributed by atoms with E-state index in [2.05, 4.69) is 26.3 Å². The van der Waals surface area contributed by atoms with Crippen molar-refractivity contribution in [3.8, 4) is 0 Å². The quantitative estimate of drug-likeness (QED) is 0.713. The first-order chi connectivity index (χ1) is 13.8. The molecule has 0 aromatic carbocycles. The molecule has 2 aromatic rings. The van der Waals surface area contributed by atoms with Gasteiger partial charge in [-0.3, -0.25) is 0 Å². The van der Waals surface area contributed by atoms with E-state index in [1.54, 1.807) is 0 Å². The van der Waals surface area contributed by atoms with Gasteiger partial charge in [0.25, 0.3) is 0 Å². The molecule has 10 nitrogen and oxygen atoms in total. The highest BCUT2D eigenvalue weighted by atomic mass is 16.5. The van der Waals surface area contributed by atoms with Crippen molar-refractivity contribution >= 4 is 28.9 Å². The van der Waals surface area contributed by atoms with Gasteiger partial charge in [0.1, 0.15) is 5.52 Å². The fourth-order valence-electron chi connectivity index (χ4n) is 4.01. The molecule has 0 amide bonds. The zero-order valence-corrected chi connectivity index (χ0v) is 16.3. The van der Waals surface area contributed by atoms with Crippen molar-refractivity contribution in [3.05, 3.63) is 0 Å². The van der Waals surface area contributed by atoms with Crippen LogP contribution in [0.2, 0.25) is 0 Å². The average molecular weight is 389 g/mol. The summed E-state index contributed by atoms with van der Waals surface area (Å²) in [7, 11) is 2.06. The van der Waals surface area contributed by atoms with Gasteiger partial charge in [0.05, 0.1) is 39.6 Å². The van der Waals surface area contributed by atoms with Crippen LogP contribution in [0.1, 0.15) is 0 Å². The molecule has 2 aromatic heterocycles. The molecule has 3 aliphatic heterocycles. The van der Waals surface area contributed by atoms with Gasteiger partial charge in [-0.15, -0.1) is 0 Å². The molecule has 0 bridgehead atoms. The number of aryl methyl sites for hydroxylation is 1. The van der Waals surface area contributed by atoms with E-state index in [0.717, 1.165) is 81.4 Å². The third-order valence-electron chi connectivity index (χ3n) is 5.58. The lowest BCUT2D eigenvalue weighted by molar-refractivity contribution is 0.121. The normalized spacial score (nSPS) is 21.5. The van der Waals surface area contributed by atoms with E-state index >= 15 is 0 Å². The van der Waals surface area contributed by atoms with Crippen LogP contribution in [0.3, 0.4) is 0 Å². The van der Waals surface area contributed by atoms with E-state index in [9.17, 15) is 0 Å². The van der Waals surface area contributed by atoms with Gasteiger partial charge in [-0.2, -0.15) is 15.0 Å². The lowest BCUT2D eigenvalue weighted by Gasteiger charge is -2.31. The Labute approximate surface area is 164 Å². The Morgan fingerprint density at radius 2 is 1.18 bits per heavy atom. The minimum Gasteiger partial charge on any atom is -0.378 e. The molecule has 5 heterocycles. The van der Waals surface area contributed by atoms with Gasteiger partial charge in [0.15, 0.2) is 11.5 Å². The van der Waals surface area contributed by atoms with Gasteiger partial charge in [-0.25, -0.2) is 0 Å². The monoisotopic (exact) mass is 389 g/mol. The zero-order chi connectivity index (χ0) is 18.9. The summed E-state index contributed by atoms with van der Waals surface area (Å²) in [6, 6.07) is 0. The standard InChI is InChI=1S/C18H27N7O3/c1-22-14-15(20-18(22)25-6-12-28-13-7-25)19-17(24-4-10-27-11-5-24)21-16(14)23-2-8-26-9-3-23/h2-13H2,1H3. The van der Waals surface area contributed by atoms with Crippen LogP contribution < -0.4 is 14.7 Å². The summed E-state index contributed by atoms with van der Waals surface area (Å²) in [6.07, 6.45) is 0. The Bertz CT molecular complexity index is 824. The first kappa shape index (κ1) is 17.9. The van der Waals surface area contributed by atoms with E-state index < -0.39 is 0 Å². The number of ether oxygens (including phenoxy) is 3. The predicted molar refractivity (Wildman–Crippen MR) is 105 cm³/mol. The number of fused-ring (bicyclic) bond motifs is 1. The summed E-state index contributed by atoms with van der Waals surface area (Å²) in [5.74, 6) is 2.62. The summed E-state index contributed by atoms with van der Waals surface area (Å²) in [5.41, 5.74) is 1.74. The van der Waals surface area contributed by atoms with Crippen molar-refractivity contribution in [1.29, 1.82) is 0 Å². The molecule has 5 rings (SSSR count). The maximum atomic E-state index is 5.55. The van der Waals surface area contributed by atoms with E-state index in [-0.39, 0.29) is 0 Å². The molecule has 0 N–H and O–H groups in total. The van der Waals surface area contributed by atoms with E-state index in [0.29, 0.717) is 26.4 Å². The highest BCUT2D eigenvalue weighted by molar-refractivity contribution is 5.87. The summed E-state index contributed by atoms with van der Waals surface area (Å²) in [4.78, 5) is 21.5. The van der Waals surface area contributed by atoms with Gasteiger partial charge in [0.2, 0.25) is 11.9 Å². The van der Waals surface area contributed by atoms with Crippen molar-refractivity contribution in [1.82, 2.24) is 19.5 Å². The van der Waals surface area contributed by atoms with Crippen LogP contribution in [0.5, 0.6) is 0 Å². The van der Waals surface area contributed by atoms with Gasteiger partial charge in [-0.1, -0.05) is 0 Å². The third-order valence-corrected chi connectivity index (χ3v) is 5.58. The second kappa shape index (κ2) is 7.69. The topological polar surface area (TPSA) is 81.0 Å². The molecule has 28 heavy (non-hydrogen) atoms. The van der Waals surface area contributed by atoms with Gasteiger partial charge in [-0.05, 0) is 0 Å². The summed E-state index contributed by atoms with van der Waals surface area (Å²) < 4.78 is 18.7. The fraction of sp³-hybridized carbons (Fsp3) is 0.722. The second-order valence-electron chi connectivity index (χ2n) is 7.29. The molecule has 0 unspecified atom stereocenters. The van der Waals surface area contributed by atoms with Crippen LogP contribution >= 0.6 is 0 Å². The lowest BCUT2D eigenvalue weighted by Crippen LogP contribution is -2.39. The third kappa shape index (κ3) is 3.25. The number of aromatic nitrogens is 4. The van der Waals surface area contributed by atoms with Crippen LogP contribution in [-0.4, -0.2) is 98.4 Å². The highest BCUT2D eigenvalue weighted by Gasteiger charge is 2.26. The largest absolute Gasteiger partial charge is 0.378 e. The fourth-order valence-corrected chi connectivity index (χ4v) is 4.01. The second-order valence-corrected chi connectivity index (χ2v) is 7.29. The lowest BCUT2D eigenvalue weighted by atomic mass is 10.3. The predicted octanol–water partition coefficient (Wildman–Crippen LogP) is -0.127. The van der Waals surface area contributed by atoms with Crippen LogP contribution in [-0.2, 0) is 21.3 Å². The van der Waals surface area contributed by atoms with Crippen molar-refractivity contribution in [2.24, 2.45) is 7.05 Å². The summed E-state index contributed by atoms with van der Waals surface area (Å²) in [5, 5.41) is 0. The number of rotatable bonds is 3.